The van der Waals surface area contributed by atoms with Gasteiger partial charge < -0.3 is 0 Å². The number of nitrogens with zero attached hydrogens (tertiary/aromatic N) is 4. The second-order valence-corrected chi connectivity index (χ2v) is 5.21. The molecule has 0 spiro atoms. The van der Waals surface area contributed by atoms with Crippen LogP contribution in [0.3, 0.4) is 0 Å². The molecule has 0 aliphatic rings. The molecular formula is C13H7ClN4S. The lowest BCUT2D eigenvalue weighted by atomic mass is 10.2. The third-order valence-corrected chi connectivity index (χ3v) is 3.80. The van der Waals surface area contributed by atoms with Gasteiger partial charge in [0.2, 0.25) is 0 Å². The molecule has 2 heterocycles. The van der Waals surface area contributed by atoms with Crippen LogP contribution < -0.4 is 0 Å². The molecule has 2 aromatic heterocycles. The molecule has 0 saturated heterocycles. The minimum atomic E-state index is 0.571. The van der Waals surface area contributed by atoms with E-state index in [2.05, 4.69) is 16.3 Å². The standard InChI is InChI=1S/C13H7ClN4S/c14-10-5-4-9(8-15)11(7-10)19-13-17-16-12-3-1-2-6-18(12)13/h1-7H. The van der Waals surface area contributed by atoms with Crippen molar-refractivity contribution in [3.63, 3.8) is 0 Å². The first kappa shape index (κ1) is 12.0. The molecule has 92 valence electrons. The predicted molar refractivity (Wildman–Crippen MR) is 73.3 cm³/mol. The van der Waals surface area contributed by atoms with Crippen molar-refractivity contribution in [1.82, 2.24) is 14.6 Å². The monoisotopic (exact) mass is 286 g/mol. The summed E-state index contributed by atoms with van der Waals surface area (Å²) in [7, 11) is 0. The van der Waals surface area contributed by atoms with E-state index < -0.39 is 0 Å². The Bertz CT molecular complexity index is 791. The first-order chi connectivity index (χ1) is 9.28. The fourth-order valence-electron chi connectivity index (χ4n) is 1.66. The van der Waals surface area contributed by atoms with E-state index in [-0.39, 0.29) is 0 Å². The molecule has 4 nitrogen and oxygen atoms in total. The van der Waals surface area contributed by atoms with Crippen LogP contribution in [0.1, 0.15) is 5.56 Å². The topological polar surface area (TPSA) is 54.0 Å². The van der Waals surface area contributed by atoms with Crippen molar-refractivity contribution in [1.29, 1.82) is 5.26 Å². The summed E-state index contributed by atoms with van der Waals surface area (Å²) in [5.74, 6) is 0. The van der Waals surface area contributed by atoms with E-state index in [1.54, 1.807) is 18.2 Å². The van der Waals surface area contributed by atoms with Crippen molar-refractivity contribution >= 4 is 29.0 Å². The lowest BCUT2D eigenvalue weighted by molar-refractivity contribution is 0.921. The number of nitriles is 1. The second kappa shape index (κ2) is 4.92. The quantitative estimate of drug-likeness (QED) is 0.724. The van der Waals surface area contributed by atoms with E-state index in [1.807, 2.05) is 28.8 Å². The Morgan fingerprint density at radius 2 is 2.11 bits per heavy atom. The molecule has 0 N–H and O–H groups in total. The molecule has 19 heavy (non-hydrogen) atoms. The second-order valence-electron chi connectivity index (χ2n) is 3.77. The van der Waals surface area contributed by atoms with Crippen LogP contribution in [0.2, 0.25) is 5.02 Å². The fraction of sp³-hybridized carbons (Fsp3) is 0. The molecule has 3 aromatic rings. The molecule has 0 bridgehead atoms. The number of aromatic nitrogens is 3. The summed E-state index contributed by atoms with van der Waals surface area (Å²) in [5.41, 5.74) is 1.34. The van der Waals surface area contributed by atoms with Gasteiger partial charge >= 0.3 is 0 Å². The molecule has 0 radical (unpaired) electrons. The van der Waals surface area contributed by atoms with Gasteiger partial charge in [-0.3, -0.25) is 4.40 Å². The maximum atomic E-state index is 9.10. The zero-order valence-corrected chi connectivity index (χ0v) is 11.2. The van der Waals surface area contributed by atoms with Gasteiger partial charge in [0.15, 0.2) is 10.8 Å². The summed E-state index contributed by atoms with van der Waals surface area (Å²) in [6.07, 6.45) is 1.88. The first-order valence-electron chi connectivity index (χ1n) is 5.45. The van der Waals surface area contributed by atoms with Crippen LogP contribution in [0, 0.1) is 11.3 Å². The average molecular weight is 287 g/mol. The molecule has 0 atom stereocenters. The third-order valence-electron chi connectivity index (χ3n) is 2.55. The Balaban J connectivity index is 2.06. The average Bonchev–Trinajstić information content (AvgIpc) is 2.83. The summed E-state index contributed by atoms with van der Waals surface area (Å²) in [6.45, 7) is 0. The highest BCUT2D eigenvalue weighted by molar-refractivity contribution is 7.99. The Kier molecular flexibility index (Phi) is 3.11. The third kappa shape index (κ3) is 2.28. The Hall–Kier alpha value is -2.03. The maximum absolute atomic E-state index is 9.10. The summed E-state index contributed by atoms with van der Waals surface area (Å²) >= 11 is 7.34. The molecule has 0 aliphatic heterocycles. The number of pyridine rings is 1. The summed E-state index contributed by atoms with van der Waals surface area (Å²) in [6, 6.07) is 13.0. The van der Waals surface area contributed by atoms with Crippen molar-refractivity contribution in [2.45, 2.75) is 10.1 Å². The van der Waals surface area contributed by atoms with Gasteiger partial charge in [-0.05, 0) is 42.1 Å². The number of fused-ring (bicyclic) bond motifs is 1. The smallest absolute Gasteiger partial charge is 0.200 e. The highest BCUT2D eigenvalue weighted by Gasteiger charge is 2.10. The Morgan fingerprint density at radius 1 is 1.21 bits per heavy atom. The van der Waals surface area contributed by atoms with E-state index in [0.717, 1.165) is 10.5 Å². The molecule has 3 rings (SSSR count). The minimum Gasteiger partial charge on any atom is -0.277 e. The van der Waals surface area contributed by atoms with Crippen LogP contribution in [0.5, 0.6) is 0 Å². The van der Waals surface area contributed by atoms with Crippen LogP contribution in [0.15, 0.2) is 52.6 Å². The van der Waals surface area contributed by atoms with Crippen molar-refractivity contribution in [3.05, 3.63) is 53.2 Å². The molecule has 1 aromatic carbocycles. The van der Waals surface area contributed by atoms with E-state index in [9.17, 15) is 0 Å². The van der Waals surface area contributed by atoms with Crippen LogP contribution in [0.4, 0.5) is 0 Å². The molecule has 0 aliphatic carbocycles. The van der Waals surface area contributed by atoms with Gasteiger partial charge in [-0.15, -0.1) is 10.2 Å². The lowest BCUT2D eigenvalue weighted by Gasteiger charge is -2.02. The number of hydrogen-bond donors (Lipinski definition) is 0. The van der Waals surface area contributed by atoms with Crippen molar-refractivity contribution in [3.8, 4) is 6.07 Å². The SMILES string of the molecule is N#Cc1ccc(Cl)cc1Sc1nnc2ccccn12. The van der Waals surface area contributed by atoms with Gasteiger partial charge in [-0.25, -0.2) is 0 Å². The van der Waals surface area contributed by atoms with Crippen LogP contribution in [0.25, 0.3) is 5.65 Å². The van der Waals surface area contributed by atoms with Gasteiger partial charge in [0.25, 0.3) is 0 Å². The van der Waals surface area contributed by atoms with Crippen LogP contribution in [-0.2, 0) is 0 Å². The zero-order valence-electron chi connectivity index (χ0n) is 9.62. The normalized spacial score (nSPS) is 10.5. The van der Waals surface area contributed by atoms with Gasteiger partial charge in [-0.2, -0.15) is 5.26 Å². The predicted octanol–water partition coefficient (Wildman–Crippen LogP) is 3.41. The number of rotatable bonds is 2. The van der Waals surface area contributed by atoms with Gasteiger partial charge in [0.1, 0.15) is 6.07 Å². The summed E-state index contributed by atoms with van der Waals surface area (Å²) in [5, 5.41) is 18.6. The molecular weight excluding hydrogens is 280 g/mol. The van der Waals surface area contributed by atoms with E-state index in [0.29, 0.717) is 15.7 Å². The molecule has 0 unspecified atom stereocenters. The fourth-order valence-corrected chi connectivity index (χ4v) is 2.84. The lowest BCUT2D eigenvalue weighted by Crippen LogP contribution is -1.87. The zero-order chi connectivity index (χ0) is 13.2. The highest BCUT2D eigenvalue weighted by atomic mass is 35.5. The summed E-state index contributed by atoms with van der Waals surface area (Å²) < 4.78 is 1.87. The van der Waals surface area contributed by atoms with E-state index >= 15 is 0 Å². The van der Waals surface area contributed by atoms with Crippen molar-refractivity contribution < 1.29 is 0 Å². The van der Waals surface area contributed by atoms with E-state index in [4.69, 9.17) is 16.9 Å². The van der Waals surface area contributed by atoms with Gasteiger partial charge in [-0.1, -0.05) is 17.7 Å². The molecule has 0 saturated carbocycles. The van der Waals surface area contributed by atoms with E-state index in [1.165, 1.54) is 11.8 Å². The number of halogens is 1. The number of hydrogen-bond acceptors (Lipinski definition) is 4. The summed E-state index contributed by atoms with van der Waals surface area (Å²) in [4.78, 5) is 0.771. The highest BCUT2D eigenvalue weighted by Crippen LogP contribution is 2.31. The molecule has 6 heteroatoms. The van der Waals surface area contributed by atoms with Crippen LogP contribution >= 0.6 is 23.4 Å². The minimum absolute atomic E-state index is 0.571. The van der Waals surface area contributed by atoms with Gasteiger partial charge in [0, 0.05) is 16.1 Å². The van der Waals surface area contributed by atoms with Crippen LogP contribution in [-0.4, -0.2) is 14.6 Å². The molecule has 0 fully saturated rings. The first-order valence-corrected chi connectivity index (χ1v) is 6.64. The maximum Gasteiger partial charge on any atom is 0.200 e. The van der Waals surface area contributed by atoms with Gasteiger partial charge in [0.05, 0.1) is 5.56 Å². The Morgan fingerprint density at radius 3 is 2.95 bits per heavy atom. The molecule has 0 amide bonds. The Labute approximate surface area is 118 Å². The largest absolute Gasteiger partial charge is 0.277 e. The van der Waals surface area contributed by atoms with Crippen molar-refractivity contribution in [2.24, 2.45) is 0 Å². The number of benzene rings is 1. The van der Waals surface area contributed by atoms with Crippen molar-refractivity contribution in [2.75, 3.05) is 0 Å².